The van der Waals surface area contributed by atoms with Gasteiger partial charge in [-0.1, -0.05) is 0 Å². The van der Waals surface area contributed by atoms with Crippen molar-refractivity contribution in [1.82, 2.24) is 4.72 Å². The summed E-state index contributed by atoms with van der Waals surface area (Å²) >= 11 is -2.42. The summed E-state index contributed by atoms with van der Waals surface area (Å²) in [4.78, 5) is 10.6. The predicted molar refractivity (Wildman–Crippen MR) is 42.3 cm³/mol. The maximum Gasteiger partial charge on any atom is 0.421 e. The number of hydrogen-bond acceptors (Lipinski definition) is 5. The van der Waals surface area contributed by atoms with Gasteiger partial charge in [0.25, 0.3) is 11.3 Å². The topological polar surface area (TPSA) is 128 Å². The van der Waals surface area contributed by atoms with Crippen LogP contribution in [0.2, 0.25) is 0 Å². The van der Waals surface area contributed by atoms with E-state index in [2.05, 4.69) is 4.74 Å². The van der Waals surface area contributed by atoms with Crippen molar-refractivity contribution in [2.24, 2.45) is 11.5 Å². The standard InChI is InChI=1S/C4H11N3O4S/c5-1-3(2-6)11-4(8)7-12(9)10/h3H,1-2,5-6H2,(H,7,8)(H,9,10). The molecule has 1 atom stereocenters. The fourth-order valence-corrected chi connectivity index (χ4v) is 0.630. The molecule has 0 rings (SSSR count). The van der Waals surface area contributed by atoms with Gasteiger partial charge in [-0.2, -0.15) is 0 Å². The lowest BCUT2D eigenvalue weighted by molar-refractivity contribution is 0.111. The van der Waals surface area contributed by atoms with Crippen molar-refractivity contribution in [3.63, 3.8) is 0 Å². The third-order valence-electron chi connectivity index (χ3n) is 0.970. The molecule has 0 heterocycles. The summed E-state index contributed by atoms with van der Waals surface area (Å²) in [5.41, 5.74) is 10.3. The van der Waals surface area contributed by atoms with Gasteiger partial charge < -0.3 is 16.2 Å². The van der Waals surface area contributed by atoms with Crippen LogP contribution >= 0.6 is 0 Å². The maximum atomic E-state index is 10.6. The Balaban J connectivity index is 3.74. The molecule has 0 bridgehead atoms. The van der Waals surface area contributed by atoms with Gasteiger partial charge in [-0.15, -0.1) is 0 Å². The van der Waals surface area contributed by atoms with Crippen LogP contribution in [0, 0.1) is 0 Å². The Morgan fingerprint density at radius 3 is 2.42 bits per heavy atom. The first kappa shape index (κ1) is 11.3. The van der Waals surface area contributed by atoms with Gasteiger partial charge in [0.2, 0.25) is 0 Å². The highest BCUT2D eigenvalue weighted by Crippen LogP contribution is 1.87. The fourth-order valence-electron chi connectivity index (χ4n) is 0.439. The molecule has 0 aromatic heterocycles. The normalized spacial score (nSPS) is 12.7. The molecule has 72 valence electrons. The summed E-state index contributed by atoms with van der Waals surface area (Å²) in [6, 6.07) is 0. The third-order valence-corrected chi connectivity index (χ3v) is 1.31. The lowest BCUT2D eigenvalue weighted by atomic mass is 10.4. The summed E-state index contributed by atoms with van der Waals surface area (Å²) in [6.07, 6.45) is -1.65. The molecule has 0 aliphatic rings. The van der Waals surface area contributed by atoms with E-state index >= 15 is 0 Å². The van der Waals surface area contributed by atoms with Crippen LogP contribution in [0.1, 0.15) is 0 Å². The quantitative estimate of drug-likeness (QED) is 0.391. The van der Waals surface area contributed by atoms with E-state index in [1.54, 1.807) is 4.72 Å². The van der Waals surface area contributed by atoms with E-state index in [0.717, 1.165) is 0 Å². The molecule has 0 saturated heterocycles. The molecule has 0 aromatic rings. The second-order valence-corrected chi connectivity index (χ2v) is 2.55. The molecule has 6 N–H and O–H groups in total. The highest BCUT2D eigenvalue weighted by atomic mass is 32.2. The minimum atomic E-state index is -2.42. The van der Waals surface area contributed by atoms with Crippen molar-refractivity contribution in [3.8, 4) is 0 Å². The van der Waals surface area contributed by atoms with Crippen molar-refractivity contribution in [3.05, 3.63) is 0 Å². The number of carbonyl (C=O) groups is 1. The molecule has 8 heteroatoms. The zero-order chi connectivity index (χ0) is 9.56. The molecule has 0 fully saturated rings. The highest BCUT2D eigenvalue weighted by molar-refractivity contribution is 7.77. The van der Waals surface area contributed by atoms with E-state index in [4.69, 9.17) is 16.0 Å². The molecule has 12 heavy (non-hydrogen) atoms. The Hall–Kier alpha value is -0.700. The summed E-state index contributed by atoms with van der Waals surface area (Å²) in [5.74, 6) is 0. The number of hydrogen-bond donors (Lipinski definition) is 4. The summed E-state index contributed by atoms with van der Waals surface area (Å²) in [6.45, 7) is 0.143. The molecular weight excluding hydrogens is 186 g/mol. The number of ether oxygens (including phenoxy) is 1. The van der Waals surface area contributed by atoms with Gasteiger partial charge in [-0.3, -0.25) is 4.55 Å². The van der Waals surface area contributed by atoms with Crippen LogP contribution in [0.5, 0.6) is 0 Å². The van der Waals surface area contributed by atoms with E-state index in [9.17, 15) is 9.00 Å². The van der Waals surface area contributed by atoms with Gasteiger partial charge in [0.15, 0.2) is 0 Å². The summed E-state index contributed by atoms with van der Waals surface area (Å²) in [5, 5.41) is 0. The van der Waals surface area contributed by atoms with Crippen molar-refractivity contribution in [2.45, 2.75) is 6.10 Å². The van der Waals surface area contributed by atoms with Crippen molar-refractivity contribution in [2.75, 3.05) is 13.1 Å². The molecule has 1 unspecified atom stereocenters. The molecule has 0 aliphatic carbocycles. The highest BCUT2D eigenvalue weighted by Gasteiger charge is 2.11. The minimum absolute atomic E-state index is 0.0714. The lowest BCUT2D eigenvalue weighted by Crippen LogP contribution is -2.37. The number of amides is 1. The first-order chi connectivity index (χ1) is 5.60. The predicted octanol–water partition coefficient (Wildman–Crippen LogP) is -1.86. The van der Waals surface area contributed by atoms with Crippen LogP contribution < -0.4 is 16.2 Å². The number of carbonyl (C=O) groups excluding carboxylic acids is 1. The maximum absolute atomic E-state index is 10.6. The Morgan fingerprint density at radius 2 is 2.08 bits per heavy atom. The SMILES string of the molecule is NCC(CN)OC(=O)NS(=O)O. The van der Waals surface area contributed by atoms with E-state index in [-0.39, 0.29) is 13.1 Å². The van der Waals surface area contributed by atoms with E-state index in [1.165, 1.54) is 0 Å². The van der Waals surface area contributed by atoms with Crippen LogP contribution in [-0.4, -0.2) is 34.0 Å². The van der Waals surface area contributed by atoms with Crippen molar-refractivity contribution in [1.29, 1.82) is 0 Å². The molecule has 1 amide bonds. The molecule has 0 saturated carbocycles. The van der Waals surface area contributed by atoms with Gasteiger partial charge in [-0.25, -0.2) is 13.7 Å². The molecular formula is C4H11N3O4S. The smallest absolute Gasteiger partial charge is 0.421 e. The third kappa shape index (κ3) is 5.02. The van der Waals surface area contributed by atoms with Crippen LogP contribution in [0.3, 0.4) is 0 Å². The second kappa shape index (κ2) is 5.89. The average Bonchev–Trinajstić information content (AvgIpc) is 1.98. The monoisotopic (exact) mass is 197 g/mol. The van der Waals surface area contributed by atoms with Gasteiger partial charge in [0, 0.05) is 13.1 Å². The van der Waals surface area contributed by atoms with Gasteiger partial charge >= 0.3 is 6.09 Å². The fraction of sp³-hybridized carbons (Fsp3) is 0.750. The van der Waals surface area contributed by atoms with E-state index < -0.39 is 23.5 Å². The molecule has 0 radical (unpaired) electrons. The average molecular weight is 197 g/mol. The van der Waals surface area contributed by atoms with Crippen LogP contribution in [0.15, 0.2) is 0 Å². The number of nitrogens with one attached hydrogen (secondary N) is 1. The Morgan fingerprint density at radius 1 is 1.58 bits per heavy atom. The lowest BCUT2D eigenvalue weighted by Gasteiger charge is -2.12. The van der Waals surface area contributed by atoms with Gasteiger partial charge in [0.1, 0.15) is 6.10 Å². The van der Waals surface area contributed by atoms with Gasteiger partial charge in [0.05, 0.1) is 0 Å². The largest absolute Gasteiger partial charge is 0.443 e. The molecule has 7 nitrogen and oxygen atoms in total. The molecule has 0 aliphatic heterocycles. The summed E-state index contributed by atoms with van der Waals surface area (Å²) in [7, 11) is 0. The zero-order valence-electron chi connectivity index (χ0n) is 6.23. The van der Waals surface area contributed by atoms with Crippen molar-refractivity contribution < 1.29 is 18.3 Å². The number of nitrogens with two attached hydrogens (primary N) is 2. The second-order valence-electron chi connectivity index (χ2n) is 1.85. The Labute approximate surface area is 71.9 Å². The first-order valence-corrected chi connectivity index (χ1v) is 4.19. The molecule has 0 aromatic carbocycles. The van der Waals surface area contributed by atoms with Crippen LogP contribution in [0.25, 0.3) is 0 Å². The van der Waals surface area contributed by atoms with Crippen LogP contribution in [-0.2, 0) is 16.0 Å². The van der Waals surface area contributed by atoms with Crippen LogP contribution in [0.4, 0.5) is 4.79 Å². The minimum Gasteiger partial charge on any atom is -0.443 e. The van der Waals surface area contributed by atoms with Crippen molar-refractivity contribution >= 4 is 17.4 Å². The molecule has 0 spiro atoms. The number of rotatable bonds is 4. The van der Waals surface area contributed by atoms with E-state index in [0.29, 0.717) is 0 Å². The van der Waals surface area contributed by atoms with E-state index in [1.807, 2.05) is 0 Å². The summed E-state index contributed by atoms with van der Waals surface area (Å²) < 4.78 is 24.3. The first-order valence-electron chi connectivity index (χ1n) is 3.08. The Kier molecular flexibility index (Phi) is 5.54. The zero-order valence-corrected chi connectivity index (χ0v) is 7.04. The Bertz CT molecular complexity index is 172. The van der Waals surface area contributed by atoms with Gasteiger partial charge in [-0.05, 0) is 0 Å².